The molecule has 5 atom stereocenters. The minimum absolute atomic E-state index is 0.137. The zero-order valence-electron chi connectivity index (χ0n) is 14.2. The first-order valence-corrected chi connectivity index (χ1v) is 7.92. The number of hydrogen-bond donors (Lipinski definition) is 3. The number of aliphatic hydroxyl groups excluding tert-OH is 3. The highest BCUT2D eigenvalue weighted by molar-refractivity contribution is 5.80. The van der Waals surface area contributed by atoms with Gasteiger partial charge in [-0.1, -0.05) is 0 Å². The Morgan fingerprint density at radius 3 is 2.54 bits per heavy atom. The lowest BCUT2D eigenvalue weighted by Gasteiger charge is -2.41. The van der Waals surface area contributed by atoms with Crippen LogP contribution >= 0.6 is 0 Å². The van der Waals surface area contributed by atoms with Gasteiger partial charge in [0.15, 0.2) is 11.5 Å². The fraction of sp³-hybridized carbons (Fsp3) is 0.471. The smallest absolute Gasteiger partial charge is 0.336 e. The molecule has 1 aliphatic rings. The lowest BCUT2D eigenvalue weighted by molar-refractivity contribution is -0.282. The Morgan fingerprint density at radius 1 is 1.12 bits per heavy atom. The molecule has 0 radical (unpaired) electrons. The third-order valence-electron chi connectivity index (χ3n) is 4.24. The van der Waals surface area contributed by atoms with E-state index in [2.05, 4.69) is 0 Å². The molecular weight excluding hydrogens is 348 g/mol. The highest BCUT2D eigenvalue weighted by Gasteiger charge is 2.46. The molecule has 1 fully saturated rings. The number of ether oxygens (including phenoxy) is 4. The van der Waals surface area contributed by atoms with Crippen LogP contribution in [0, 0.1) is 0 Å². The quantitative estimate of drug-likeness (QED) is 0.606. The fourth-order valence-electron chi connectivity index (χ4n) is 2.89. The second kappa shape index (κ2) is 7.60. The molecule has 26 heavy (non-hydrogen) atoms. The molecule has 3 N–H and O–H groups in total. The lowest BCUT2D eigenvalue weighted by atomic mass is 9.99. The Balaban J connectivity index is 1.93. The summed E-state index contributed by atoms with van der Waals surface area (Å²) in [4.78, 5) is 11.4. The van der Waals surface area contributed by atoms with Gasteiger partial charge in [-0.15, -0.1) is 0 Å². The minimum Gasteiger partial charge on any atom is -0.493 e. The van der Waals surface area contributed by atoms with Crippen molar-refractivity contribution in [3.8, 4) is 11.5 Å². The maximum atomic E-state index is 11.4. The van der Waals surface area contributed by atoms with Gasteiger partial charge in [-0.05, 0) is 12.1 Å². The van der Waals surface area contributed by atoms with Gasteiger partial charge in [0.25, 0.3) is 0 Å². The van der Waals surface area contributed by atoms with E-state index in [0.29, 0.717) is 11.1 Å². The summed E-state index contributed by atoms with van der Waals surface area (Å²) in [6, 6.07) is 5.88. The zero-order valence-corrected chi connectivity index (χ0v) is 14.2. The van der Waals surface area contributed by atoms with Crippen molar-refractivity contribution < 1.29 is 38.7 Å². The fourth-order valence-corrected chi connectivity index (χ4v) is 2.89. The van der Waals surface area contributed by atoms with Crippen LogP contribution in [0.25, 0.3) is 11.0 Å². The molecule has 1 aromatic carbocycles. The predicted octanol–water partition coefficient (Wildman–Crippen LogP) is -0.366. The van der Waals surface area contributed by atoms with Crippen molar-refractivity contribution in [2.45, 2.75) is 30.7 Å². The van der Waals surface area contributed by atoms with E-state index in [1.807, 2.05) is 0 Å². The molecule has 0 unspecified atom stereocenters. The zero-order chi connectivity index (χ0) is 18.8. The molecule has 9 heteroatoms. The summed E-state index contributed by atoms with van der Waals surface area (Å²) in [5.74, 6) is 0.448. The molecule has 2 aromatic rings. The molecule has 3 rings (SSSR count). The van der Waals surface area contributed by atoms with E-state index in [0.717, 1.165) is 0 Å². The number of hydrogen-bond acceptors (Lipinski definition) is 9. The van der Waals surface area contributed by atoms with E-state index < -0.39 is 42.9 Å². The van der Waals surface area contributed by atoms with Gasteiger partial charge in [0, 0.05) is 24.6 Å². The maximum absolute atomic E-state index is 11.4. The highest BCUT2D eigenvalue weighted by Crippen LogP contribution is 2.34. The van der Waals surface area contributed by atoms with Crippen LogP contribution < -0.4 is 15.1 Å². The molecule has 0 spiro atoms. The van der Waals surface area contributed by atoms with Crippen molar-refractivity contribution in [3.63, 3.8) is 0 Å². The molecule has 2 heterocycles. The van der Waals surface area contributed by atoms with E-state index >= 15 is 0 Å². The van der Waals surface area contributed by atoms with Crippen LogP contribution in [0.2, 0.25) is 0 Å². The van der Waals surface area contributed by atoms with Gasteiger partial charge < -0.3 is 38.7 Å². The summed E-state index contributed by atoms with van der Waals surface area (Å²) < 4.78 is 26.6. The molecule has 9 nitrogen and oxygen atoms in total. The molecule has 0 bridgehead atoms. The topological polar surface area (TPSA) is 128 Å². The van der Waals surface area contributed by atoms with E-state index in [1.165, 1.54) is 26.4 Å². The van der Waals surface area contributed by atoms with Crippen molar-refractivity contribution >= 4 is 11.0 Å². The van der Waals surface area contributed by atoms with Gasteiger partial charge in [0.05, 0.1) is 13.7 Å². The summed E-state index contributed by atoms with van der Waals surface area (Å²) in [5.41, 5.74) is -0.270. The normalized spacial score (nSPS) is 28.9. The average Bonchev–Trinajstić information content (AvgIpc) is 2.64. The van der Waals surface area contributed by atoms with Crippen LogP contribution in [0.1, 0.15) is 0 Å². The molecule has 1 aromatic heterocycles. The first-order valence-electron chi connectivity index (χ1n) is 7.92. The predicted molar refractivity (Wildman–Crippen MR) is 88.2 cm³/mol. The van der Waals surface area contributed by atoms with E-state index in [4.69, 9.17) is 23.4 Å². The van der Waals surface area contributed by atoms with Gasteiger partial charge in [-0.2, -0.15) is 0 Å². The number of methoxy groups -OCH3 is 2. The van der Waals surface area contributed by atoms with Crippen LogP contribution in [-0.4, -0.2) is 66.9 Å². The van der Waals surface area contributed by atoms with E-state index in [-0.39, 0.29) is 11.3 Å². The number of aliphatic hydroxyl groups is 3. The second-order valence-corrected chi connectivity index (χ2v) is 5.82. The van der Waals surface area contributed by atoms with E-state index in [1.54, 1.807) is 12.1 Å². The first kappa shape index (κ1) is 18.6. The number of benzene rings is 1. The standard InChI is InChI=1S/C17H20O9/c1-22-10-5-8-3-4-13(19)24-9(8)6-11(10)25-17-15(21)14(20)16(23-2)12(7-18)26-17/h3-6,12,14-18,20-21H,7H2,1-2H3/t12-,14+,15-,16-,17-/m1/s1. The number of fused-ring (bicyclic) bond motifs is 1. The summed E-state index contributed by atoms with van der Waals surface area (Å²) in [6.45, 7) is -0.439. The largest absolute Gasteiger partial charge is 0.493 e. The molecule has 0 aliphatic carbocycles. The minimum atomic E-state index is -1.44. The summed E-state index contributed by atoms with van der Waals surface area (Å²) in [5, 5.41) is 30.5. The highest BCUT2D eigenvalue weighted by atomic mass is 16.7. The molecule has 1 aliphatic heterocycles. The van der Waals surface area contributed by atoms with Crippen LogP contribution in [0.3, 0.4) is 0 Å². The molecular formula is C17H20O9. The Morgan fingerprint density at radius 2 is 1.88 bits per heavy atom. The van der Waals surface area contributed by atoms with Crippen molar-refractivity contribution in [2.24, 2.45) is 0 Å². The van der Waals surface area contributed by atoms with Gasteiger partial charge >= 0.3 is 5.63 Å². The third-order valence-corrected chi connectivity index (χ3v) is 4.24. The average molecular weight is 368 g/mol. The SMILES string of the molecule is COc1cc2ccc(=O)oc2cc1O[C@@H]1O[C@H](CO)[C@@H](OC)[C@@H](O)[C@H]1O. The van der Waals surface area contributed by atoms with Gasteiger partial charge in [0.2, 0.25) is 6.29 Å². The Kier molecular flexibility index (Phi) is 5.44. The van der Waals surface area contributed by atoms with E-state index in [9.17, 15) is 20.1 Å². The summed E-state index contributed by atoms with van der Waals surface area (Å²) in [6.07, 6.45) is -5.87. The molecule has 0 saturated carbocycles. The Labute approximate surface area is 148 Å². The van der Waals surface area contributed by atoms with Crippen molar-refractivity contribution in [1.82, 2.24) is 0 Å². The monoisotopic (exact) mass is 368 g/mol. The van der Waals surface area contributed by atoms with Crippen LogP contribution in [0.5, 0.6) is 11.5 Å². The molecule has 142 valence electrons. The van der Waals surface area contributed by atoms with Crippen molar-refractivity contribution in [3.05, 3.63) is 34.7 Å². The van der Waals surface area contributed by atoms with Crippen LogP contribution in [0.4, 0.5) is 0 Å². The van der Waals surface area contributed by atoms with Crippen LogP contribution in [0.15, 0.2) is 33.5 Å². The summed E-state index contributed by atoms with van der Waals surface area (Å²) in [7, 11) is 2.76. The Hall–Kier alpha value is -2.17. The van der Waals surface area contributed by atoms with Gasteiger partial charge in [-0.25, -0.2) is 4.79 Å². The van der Waals surface area contributed by atoms with Gasteiger partial charge in [-0.3, -0.25) is 0 Å². The summed E-state index contributed by atoms with van der Waals surface area (Å²) >= 11 is 0. The lowest BCUT2D eigenvalue weighted by Crippen LogP contribution is -2.60. The van der Waals surface area contributed by atoms with Crippen molar-refractivity contribution in [2.75, 3.05) is 20.8 Å². The third kappa shape index (κ3) is 3.39. The van der Waals surface area contributed by atoms with Gasteiger partial charge in [0.1, 0.15) is 30.0 Å². The first-order chi connectivity index (χ1) is 12.5. The molecule has 0 amide bonds. The van der Waals surface area contributed by atoms with Crippen molar-refractivity contribution in [1.29, 1.82) is 0 Å². The maximum Gasteiger partial charge on any atom is 0.336 e. The Bertz CT molecular complexity index is 815. The molecule has 1 saturated heterocycles. The second-order valence-electron chi connectivity index (χ2n) is 5.82. The van der Waals surface area contributed by atoms with Crippen LogP contribution in [-0.2, 0) is 9.47 Å². The number of rotatable bonds is 5.